The van der Waals surface area contributed by atoms with Crippen molar-refractivity contribution in [2.45, 2.75) is 33.6 Å². The minimum Gasteiger partial charge on any atom is -0.490 e. The Hall–Kier alpha value is -4.01. The summed E-state index contributed by atoms with van der Waals surface area (Å²) in [6.45, 7) is 5.97. The molecule has 0 bridgehead atoms. The lowest BCUT2D eigenvalue weighted by atomic mass is 10.1. The third kappa shape index (κ3) is 4.68. The third-order valence-electron chi connectivity index (χ3n) is 5.28. The van der Waals surface area contributed by atoms with Crippen LogP contribution in [0, 0.1) is 19.7 Å². The maximum atomic E-state index is 13.7. The highest BCUT2D eigenvalue weighted by atomic mass is 19.1. The molecule has 34 heavy (non-hydrogen) atoms. The van der Waals surface area contributed by atoms with Crippen molar-refractivity contribution in [3.05, 3.63) is 76.2 Å². The number of carbonyl (C=O) groups excluding carboxylic acids is 1. The fourth-order valence-electron chi connectivity index (χ4n) is 3.75. The van der Waals surface area contributed by atoms with Gasteiger partial charge in [0.25, 0.3) is 5.56 Å². The zero-order valence-corrected chi connectivity index (χ0v) is 19.2. The molecule has 0 aliphatic heterocycles. The number of hydrogen-bond acceptors (Lipinski definition) is 6. The molecule has 0 aliphatic rings. The summed E-state index contributed by atoms with van der Waals surface area (Å²) in [5, 5.41) is 4.56. The van der Waals surface area contributed by atoms with Crippen LogP contribution in [0.4, 0.5) is 4.39 Å². The fraction of sp³-hybridized carbons (Fsp3) is 0.280. The molecule has 0 N–H and O–H groups in total. The van der Waals surface area contributed by atoms with Gasteiger partial charge in [-0.15, -0.1) is 0 Å². The molecule has 3 aromatic heterocycles. The number of nitrogens with zero attached hydrogens (tertiary/aromatic N) is 4. The molecule has 3 heterocycles. The first-order chi connectivity index (χ1) is 16.4. The summed E-state index contributed by atoms with van der Waals surface area (Å²) in [5.41, 5.74) is 2.71. The van der Waals surface area contributed by atoms with Crippen molar-refractivity contribution in [3.63, 3.8) is 0 Å². The second-order valence-corrected chi connectivity index (χ2v) is 7.76. The number of carbonyl (C=O) groups is 1. The standard InChI is InChI=1S/C25H25FN4O4/c1-4-33-22(31)11-7-13-34-21-10-6-12-29-24(21)27-17(3)23(25(29)32)20-14-16(2)30(28-20)19-9-5-8-18(26)15-19/h5-6,8-10,12,14-15H,4,7,11,13H2,1-3H3. The van der Waals surface area contributed by atoms with E-state index in [4.69, 9.17) is 9.47 Å². The number of hydrogen-bond donors (Lipinski definition) is 0. The number of aryl methyl sites for hydroxylation is 2. The van der Waals surface area contributed by atoms with E-state index in [1.165, 1.54) is 16.5 Å². The van der Waals surface area contributed by atoms with Gasteiger partial charge in [0.15, 0.2) is 11.4 Å². The average molecular weight is 464 g/mol. The monoisotopic (exact) mass is 464 g/mol. The van der Waals surface area contributed by atoms with Crippen LogP contribution in [0.25, 0.3) is 22.6 Å². The first-order valence-corrected chi connectivity index (χ1v) is 11.0. The van der Waals surface area contributed by atoms with Gasteiger partial charge in [0.05, 0.1) is 30.2 Å². The van der Waals surface area contributed by atoms with Gasteiger partial charge in [-0.3, -0.25) is 14.0 Å². The maximum absolute atomic E-state index is 13.7. The van der Waals surface area contributed by atoms with Crippen molar-refractivity contribution in [2.24, 2.45) is 0 Å². The van der Waals surface area contributed by atoms with E-state index >= 15 is 0 Å². The van der Waals surface area contributed by atoms with E-state index in [1.54, 1.807) is 55.1 Å². The molecule has 4 aromatic rings. The van der Waals surface area contributed by atoms with Crippen LogP contribution < -0.4 is 10.3 Å². The van der Waals surface area contributed by atoms with E-state index < -0.39 is 0 Å². The lowest BCUT2D eigenvalue weighted by Crippen LogP contribution is -2.20. The fourth-order valence-corrected chi connectivity index (χ4v) is 3.75. The Bertz CT molecular complexity index is 1410. The number of rotatable bonds is 8. The van der Waals surface area contributed by atoms with Gasteiger partial charge in [0.1, 0.15) is 11.5 Å². The van der Waals surface area contributed by atoms with E-state index in [9.17, 15) is 14.0 Å². The predicted octanol–water partition coefficient (Wildman–Crippen LogP) is 4.03. The molecule has 0 spiro atoms. The molecule has 1 aromatic carbocycles. The smallest absolute Gasteiger partial charge is 0.305 e. The van der Waals surface area contributed by atoms with Crippen LogP contribution in [0.5, 0.6) is 5.75 Å². The Kier molecular flexibility index (Phi) is 6.72. The van der Waals surface area contributed by atoms with Crippen molar-refractivity contribution in [2.75, 3.05) is 13.2 Å². The van der Waals surface area contributed by atoms with E-state index in [1.807, 2.05) is 6.92 Å². The number of fused-ring (bicyclic) bond motifs is 1. The van der Waals surface area contributed by atoms with Gasteiger partial charge in [-0.25, -0.2) is 14.1 Å². The van der Waals surface area contributed by atoms with Gasteiger partial charge in [-0.05, 0) is 63.6 Å². The van der Waals surface area contributed by atoms with Crippen LogP contribution in [0.3, 0.4) is 0 Å². The van der Waals surface area contributed by atoms with Gasteiger partial charge in [-0.2, -0.15) is 5.10 Å². The number of benzene rings is 1. The molecule has 0 amide bonds. The highest BCUT2D eigenvalue weighted by Gasteiger charge is 2.18. The summed E-state index contributed by atoms with van der Waals surface area (Å²) in [6.07, 6.45) is 2.36. The van der Waals surface area contributed by atoms with Crippen molar-refractivity contribution >= 4 is 11.6 Å². The molecule has 0 radical (unpaired) electrons. The Balaban J connectivity index is 1.66. The molecule has 0 atom stereocenters. The molecular weight excluding hydrogens is 439 g/mol. The van der Waals surface area contributed by atoms with Crippen LogP contribution >= 0.6 is 0 Å². The van der Waals surface area contributed by atoms with Crippen LogP contribution in [0.15, 0.2) is 53.5 Å². The predicted molar refractivity (Wildman–Crippen MR) is 125 cm³/mol. The van der Waals surface area contributed by atoms with Crippen LogP contribution in [0.2, 0.25) is 0 Å². The average Bonchev–Trinajstić information content (AvgIpc) is 3.18. The topological polar surface area (TPSA) is 87.7 Å². The van der Waals surface area contributed by atoms with E-state index in [0.717, 1.165) is 5.69 Å². The third-order valence-corrected chi connectivity index (χ3v) is 5.28. The van der Waals surface area contributed by atoms with Crippen molar-refractivity contribution in [1.29, 1.82) is 0 Å². The summed E-state index contributed by atoms with van der Waals surface area (Å²) >= 11 is 0. The van der Waals surface area contributed by atoms with Crippen LogP contribution in [0.1, 0.15) is 31.2 Å². The second kappa shape index (κ2) is 9.86. The number of halogens is 1. The lowest BCUT2D eigenvalue weighted by molar-refractivity contribution is -0.143. The Morgan fingerprint density at radius 1 is 1.15 bits per heavy atom. The Morgan fingerprint density at radius 3 is 2.74 bits per heavy atom. The molecule has 0 saturated carbocycles. The number of aromatic nitrogens is 4. The summed E-state index contributed by atoms with van der Waals surface area (Å²) < 4.78 is 27.4. The minimum absolute atomic E-state index is 0.252. The van der Waals surface area contributed by atoms with Crippen LogP contribution in [-0.4, -0.2) is 38.3 Å². The Morgan fingerprint density at radius 2 is 1.97 bits per heavy atom. The molecule has 176 valence electrons. The zero-order valence-electron chi connectivity index (χ0n) is 19.2. The molecule has 9 heteroatoms. The largest absolute Gasteiger partial charge is 0.490 e. The van der Waals surface area contributed by atoms with Gasteiger partial charge in [0.2, 0.25) is 0 Å². The van der Waals surface area contributed by atoms with Gasteiger partial charge in [-0.1, -0.05) is 6.07 Å². The first-order valence-electron chi connectivity index (χ1n) is 11.0. The SMILES string of the molecule is CCOC(=O)CCCOc1cccn2c(=O)c(-c3cc(C)n(-c4cccc(F)c4)n3)c(C)nc12. The highest BCUT2D eigenvalue weighted by Crippen LogP contribution is 2.24. The maximum Gasteiger partial charge on any atom is 0.305 e. The molecule has 0 aliphatic carbocycles. The normalized spacial score (nSPS) is 11.1. The zero-order chi connectivity index (χ0) is 24.2. The molecule has 0 saturated heterocycles. The summed E-state index contributed by atoms with van der Waals surface area (Å²) in [5.74, 6) is -0.196. The van der Waals surface area contributed by atoms with Crippen LogP contribution in [-0.2, 0) is 9.53 Å². The molecule has 0 unspecified atom stereocenters. The van der Waals surface area contributed by atoms with Crippen molar-refractivity contribution < 1.29 is 18.7 Å². The minimum atomic E-state index is -0.368. The van der Waals surface area contributed by atoms with E-state index in [0.29, 0.717) is 47.1 Å². The first kappa shape index (κ1) is 23.2. The van der Waals surface area contributed by atoms with Crippen molar-refractivity contribution in [3.8, 4) is 22.7 Å². The molecule has 4 rings (SSSR count). The van der Waals surface area contributed by atoms with E-state index in [2.05, 4.69) is 10.1 Å². The number of pyridine rings is 1. The lowest BCUT2D eigenvalue weighted by Gasteiger charge is -2.11. The van der Waals surface area contributed by atoms with Gasteiger partial charge < -0.3 is 9.47 Å². The van der Waals surface area contributed by atoms with E-state index in [-0.39, 0.29) is 30.4 Å². The Labute approximate surface area is 195 Å². The molecular formula is C25H25FN4O4. The second-order valence-electron chi connectivity index (χ2n) is 7.76. The molecule has 8 nitrogen and oxygen atoms in total. The highest BCUT2D eigenvalue weighted by molar-refractivity contribution is 5.69. The molecule has 0 fully saturated rings. The summed E-state index contributed by atoms with van der Waals surface area (Å²) in [4.78, 5) is 29.5. The number of ether oxygens (including phenoxy) is 2. The summed E-state index contributed by atoms with van der Waals surface area (Å²) in [7, 11) is 0. The quantitative estimate of drug-likeness (QED) is 0.289. The van der Waals surface area contributed by atoms with Gasteiger partial charge >= 0.3 is 5.97 Å². The summed E-state index contributed by atoms with van der Waals surface area (Å²) in [6, 6.07) is 11.3. The number of esters is 1. The van der Waals surface area contributed by atoms with Gasteiger partial charge in [0, 0.05) is 18.3 Å². The van der Waals surface area contributed by atoms with Crippen molar-refractivity contribution in [1.82, 2.24) is 19.2 Å².